The molecule has 0 heterocycles. The van der Waals surface area contributed by atoms with Gasteiger partial charge in [0.2, 0.25) is 11.8 Å². The molecule has 0 aliphatic rings. The van der Waals surface area contributed by atoms with Crippen LogP contribution in [0.15, 0.2) is 42.5 Å². The van der Waals surface area contributed by atoms with Gasteiger partial charge in [-0.25, -0.2) is 0 Å². The van der Waals surface area contributed by atoms with Crippen LogP contribution in [-0.2, 0) is 21.9 Å². The van der Waals surface area contributed by atoms with E-state index in [9.17, 15) is 9.59 Å². The lowest BCUT2D eigenvalue weighted by Crippen LogP contribution is -2.48. The molecule has 4 nitrogen and oxygen atoms in total. The SMILES string of the molecule is CCCNC(=O)[C@@H](C)N(Cc1c(Cl)cccc1Cl)C(=O)CSCc1cccc(C)c1. The van der Waals surface area contributed by atoms with Crippen LogP contribution >= 0.6 is 35.0 Å². The van der Waals surface area contributed by atoms with Crippen molar-refractivity contribution < 1.29 is 9.59 Å². The lowest BCUT2D eigenvalue weighted by molar-refractivity contribution is -0.138. The molecule has 0 saturated carbocycles. The summed E-state index contributed by atoms with van der Waals surface area (Å²) in [6, 6.07) is 12.8. The van der Waals surface area contributed by atoms with Gasteiger partial charge < -0.3 is 10.2 Å². The van der Waals surface area contributed by atoms with Crippen LogP contribution in [-0.4, -0.2) is 35.1 Å². The Morgan fingerprint density at radius 1 is 1.13 bits per heavy atom. The van der Waals surface area contributed by atoms with Gasteiger partial charge in [0.05, 0.1) is 5.75 Å². The van der Waals surface area contributed by atoms with Gasteiger partial charge in [0.1, 0.15) is 6.04 Å². The van der Waals surface area contributed by atoms with E-state index in [4.69, 9.17) is 23.2 Å². The van der Waals surface area contributed by atoms with Crippen molar-refractivity contribution in [2.24, 2.45) is 0 Å². The molecule has 0 unspecified atom stereocenters. The van der Waals surface area contributed by atoms with E-state index in [0.29, 0.717) is 22.2 Å². The molecule has 1 atom stereocenters. The molecule has 0 fully saturated rings. The summed E-state index contributed by atoms with van der Waals surface area (Å²) in [7, 11) is 0. The zero-order valence-electron chi connectivity index (χ0n) is 17.6. The fourth-order valence-electron chi connectivity index (χ4n) is 2.97. The summed E-state index contributed by atoms with van der Waals surface area (Å²) < 4.78 is 0. The van der Waals surface area contributed by atoms with Crippen LogP contribution in [0.5, 0.6) is 0 Å². The Morgan fingerprint density at radius 3 is 2.43 bits per heavy atom. The molecule has 0 aliphatic carbocycles. The van der Waals surface area contributed by atoms with Crippen LogP contribution in [0.3, 0.4) is 0 Å². The Labute approximate surface area is 193 Å². The molecule has 0 saturated heterocycles. The third-order valence-electron chi connectivity index (χ3n) is 4.68. The van der Waals surface area contributed by atoms with Gasteiger partial charge in [0, 0.05) is 34.5 Å². The van der Waals surface area contributed by atoms with Crippen molar-refractivity contribution in [3.8, 4) is 0 Å². The van der Waals surface area contributed by atoms with Crippen molar-refractivity contribution >= 4 is 46.8 Å². The van der Waals surface area contributed by atoms with Crippen LogP contribution in [0.4, 0.5) is 0 Å². The minimum atomic E-state index is -0.629. The third-order valence-corrected chi connectivity index (χ3v) is 6.38. The lowest BCUT2D eigenvalue weighted by atomic mass is 10.1. The van der Waals surface area contributed by atoms with Gasteiger partial charge in [-0.3, -0.25) is 9.59 Å². The largest absolute Gasteiger partial charge is 0.354 e. The normalized spacial score (nSPS) is 11.8. The highest BCUT2D eigenvalue weighted by Gasteiger charge is 2.27. The Hall–Kier alpha value is -1.69. The Balaban J connectivity index is 2.12. The number of nitrogens with one attached hydrogen (secondary N) is 1. The molecule has 0 aromatic heterocycles. The van der Waals surface area contributed by atoms with E-state index in [1.807, 2.05) is 32.0 Å². The number of rotatable bonds is 10. The van der Waals surface area contributed by atoms with Gasteiger partial charge in [0.25, 0.3) is 0 Å². The standard InChI is InChI=1S/C23H28Cl2N2O2S/c1-4-11-26-23(29)17(3)27(13-19-20(24)9-6-10-21(19)25)22(28)15-30-14-18-8-5-7-16(2)12-18/h5-10,12,17H,4,11,13-15H2,1-3H3,(H,26,29)/t17-/m1/s1. The highest BCUT2D eigenvalue weighted by atomic mass is 35.5. The number of thioether (sulfide) groups is 1. The van der Waals surface area contributed by atoms with E-state index in [1.54, 1.807) is 30.0 Å². The molecular weight excluding hydrogens is 439 g/mol. The minimum absolute atomic E-state index is 0.122. The maximum Gasteiger partial charge on any atom is 0.242 e. The van der Waals surface area contributed by atoms with Crippen molar-refractivity contribution in [1.82, 2.24) is 10.2 Å². The monoisotopic (exact) mass is 466 g/mol. The maximum atomic E-state index is 13.1. The first kappa shape index (κ1) is 24.6. The van der Waals surface area contributed by atoms with Crippen LogP contribution in [0, 0.1) is 6.92 Å². The second-order valence-electron chi connectivity index (χ2n) is 7.17. The zero-order valence-corrected chi connectivity index (χ0v) is 19.9. The van der Waals surface area contributed by atoms with Gasteiger partial charge in [0.15, 0.2) is 0 Å². The zero-order chi connectivity index (χ0) is 22.1. The number of nitrogens with zero attached hydrogens (tertiary/aromatic N) is 1. The number of carbonyl (C=O) groups is 2. The maximum absolute atomic E-state index is 13.1. The molecule has 0 aliphatic heterocycles. The minimum Gasteiger partial charge on any atom is -0.354 e. The number of halogens is 2. The number of aryl methyl sites for hydroxylation is 1. The number of amides is 2. The van der Waals surface area contributed by atoms with E-state index in [-0.39, 0.29) is 24.1 Å². The first-order valence-corrected chi connectivity index (χ1v) is 11.9. The smallest absolute Gasteiger partial charge is 0.242 e. The van der Waals surface area contributed by atoms with E-state index < -0.39 is 6.04 Å². The quantitative estimate of drug-likeness (QED) is 0.504. The number of benzene rings is 2. The molecule has 7 heteroatoms. The molecule has 2 aromatic rings. The van der Waals surface area contributed by atoms with Crippen LogP contribution in [0.1, 0.15) is 37.0 Å². The molecule has 162 valence electrons. The molecule has 30 heavy (non-hydrogen) atoms. The first-order valence-electron chi connectivity index (χ1n) is 9.96. The summed E-state index contributed by atoms with van der Waals surface area (Å²) in [5.74, 6) is 0.686. The van der Waals surface area contributed by atoms with Gasteiger partial charge >= 0.3 is 0 Å². The van der Waals surface area contributed by atoms with Crippen molar-refractivity contribution in [3.05, 3.63) is 69.2 Å². The molecule has 1 N–H and O–H groups in total. The summed E-state index contributed by atoms with van der Waals surface area (Å²) in [4.78, 5) is 27.2. The highest BCUT2D eigenvalue weighted by molar-refractivity contribution is 7.99. The van der Waals surface area contributed by atoms with E-state index in [1.165, 1.54) is 22.9 Å². The van der Waals surface area contributed by atoms with Gasteiger partial charge in [-0.1, -0.05) is 66.0 Å². The second-order valence-corrected chi connectivity index (χ2v) is 8.97. The third kappa shape index (κ3) is 7.22. The average Bonchev–Trinajstić information content (AvgIpc) is 2.71. The van der Waals surface area contributed by atoms with Crippen molar-refractivity contribution in [2.75, 3.05) is 12.3 Å². The molecule has 0 bridgehead atoms. The van der Waals surface area contributed by atoms with E-state index in [2.05, 4.69) is 11.4 Å². The summed E-state index contributed by atoms with van der Waals surface area (Å²) in [5, 5.41) is 3.83. The number of carbonyl (C=O) groups excluding carboxylic acids is 2. The number of hydrogen-bond acceptors (Lipinski definition) is 3. The second kappa shape index (κ2) is 12.2. The average molecular weight is 467 g/mol. The van der Waals surface area contributed by atoms with Crippen molar-refractivity contribution in [1.29, 1.82) is 0 Å². The fraction of sp³-hybridized carbons (Fsp3) is 0.391. The molecule has 2 rings (SSSR count). The van der Waals surface area contributed by atoms with Crippen LogP contribution in [0.2, 0.25) is 10.0 Å². The molecule has 2 aromatic carbocycles. The van der Waals surface area contributed by atoms with Gasteiger partial charge in [-0.05, 0) is 38.0 Å². The highest BCUT2D eigenvalue weighted by Crippen LogP contribution is 2.27. The van der Waals surface area contributed by atoms with Crippen LogP contribution < -0.4 is 5.32 Å². The Bertz CT molecular complexity index is 856. The molecule has 2 amide bonds. The summed E-state index contributed by atoms with van der Waals surface area (Å²) >= 11 is 14.2. The van der Waals surface area contributed by atoms with Crippen molar-refractivity contribution in [2.45, 2.75) is 45.5 Å². The van der Waals surface area contributed by atoms with E-state index >= 15 is 0 Å². The molecular formula is C23H28Cl2N2O2S. The predicted octanol–water partition coefficient (Wildman–Crippen LogP) is 5.48. The summed E-state index contributed by atoms with van der Waals surface area (Å²) in [5.41, 5.74) is 3.01. The predicted molar refractivity (Wildman–Crippen MR) is 127 cm³/mol. The number of hydrogen-bond donors (Lipinski definition) is 1. The summed E-state index contributed by atoms with van der Waals surface area (Å²) in [6.45, 7) is 6.52. The first-order chi connectivity index (χ1) is 14.3. The lowest BCUT2D eigenvalue weighted by Gasteiger charge is -2.29. The Kier molecular flexibility index (Phi) is 10.0. The molecule has 0 spiro atoms. The summed E-state index contributed by atoms with van der Waals surface area (Å²) in [6.07, 6.45) is 0.828. The fourth-order valence-corrected chi connectivity index (χ4v) is 4.35. The van der Waals surface area contributed by atoms with Gasteiger partial charge in [-0.2, -0.15) is 0 Å². The van der Waals surface area contributed by atoms with E-state index in [0.717, 1.165) is 12.2 Å². The Morgan fingerprint density at radius 2 is 1.80 bits per heavy atom. The van der Waals surface area contributed by atoms with Crippen LogP contribution in [0.25, 0.3) is 0 Å². The van der Waals surface area contributed by atoms with Gasteiger partial charge in [-0.15, -0.1) is 11.8 Å². The van der Waals surface area contributed by atoms with Crippen molar-refractivity contribution in [3.63, 3.8) is 0 Å². The topological polar surface area (TPSA) is 49.4 Å². The molecule has 0 radical (unpaired) electrons.